The number of aromatic nitrogens is 2. The fraction of sp³-hybridized carbons (Fsp3) is 0.333. The maximum absolute atomic E-state index is 5.46. The van der Waals surface area contributed by atoms with E-state index in [1.807, 2.05) is 0 Å². The van der Waals surface area contributed by atoms with E-state index in [1.165, 1.54) is 0 Å². The summed E-state index contributed by atoms with van der Waals surface area (Å²) in [6, 6.07) is 0. The number of nitrogens with two attached hydrogens (primary N) is 4. The van der Waals surface area contributed by atoms with Gasteiger partial charge in [0.1, 0.15) is 5.69 Å². The van der Waals surface area contributed by atoms with Gasteiger partial charge in [-0.1, -0.05) is 0 Å². The summed E-state index contributed by atoms with van der Waals surface area (Å²) in [4.78, 5) is 7.69. The maximum Gasteiger partial charge on any atom is 0.227 e. The average molecular weight is 183 g/mol. The summed E-state index contributed by atoms with van der Waals surface area (Å²) in [7, 11) is 0. The Balaban J connectivity index is 2.99. The molecule has 0 aliphatic carbocycles. The molecule has 1 aromatic heterocycles. The van der Waals surface area contributed by atoms with Crippen molar-refractivity contribution in [3.63, 3.8) is 0 Å². The molecule has 0 amide bonds. The molecule has 1 atom stereocenters. The smallest absolute Gasteiger partial charge is 0.227 e. The summed E-state index contributed by atoms with van der Waals surface area (Å²) in [5.41, 5.74) is 22.0. The number of anilines is 4. The van der Waals surface area contributed by atoms with Crippen LogP contribution in [0.3, 0.4) is 0 Å². The molecule has 0 aliphatic heterocycles. The quantitative estimate of drug-likeness (QED) is 0.368. The largest absolute Gasteiger partial charge is 0.393 e. The first kappa shape index (κ1) is 9.33. The molecule has 0 saturated heterocycles. The zero-order valence-electron chi connectivity index (χ0n) is 7.28. The molecule has 9 N–H and O–H groups in total. The lowest BCUT2D eigenvalue weighted by molar-refractivity contribution is 0.834. The van der Waals surface area contributed by atoms with Gasteiger partial charge in [-0.05, 0) is 6.92 Å². The van der Waals surface area contributed by atoms with Crippen LogP contribution in [0.25, 0.3) is 0 Å². The van der Waals surface area contributed by atoms with Gasteiger partial charge in [0.05, 0.1) is 6.17 Å². The van der Waals surface area contributed by atoms with Crippen molar-refractivity contribution in [2.45, 2.75) is 13.1 Å². The molecule has 1 unspecified atom stereocenters. The number of hydrogen-bond donors (Lipinski definition) is 5. The van der Waals surface area contributed by atoms with E-state index in [0.717, 1.165) is 0 Å². The maximum atomic E-state index is 5.46. The summed E-state index contributed by atoms with van der Waals surface area (Å²) in [6.07, 6.45) is -0.276. The number of nitrogens with zero attached hydrogens (tertiary/aromatic N) is 2. The van der Waals surface area contributed by atoms with Crippen LogP contribution in [-0.4, -0.2) is 16.1 Å². The molecular weight excluding hydrogens is 170 g/mol. The lowest BCUT2D eigenvalue weighted by atomic mass is 10.4. The van der Waals surface area contributed by atoms with Crippen molar-refractivity contribution >= 4 is 23.3 Å². The first-order valence-electron chi connectivity index (χ1n) is 3.71. The first-order chi connectivity index (χ1) is 6.00. The molecule has 13 heavy (non-hydrogen) atoms. The van der Waals surface area contributed by atoms with Crippen molar-refractivity contribution in [1.29, 1.82) is 0 Å². The van der Waals surface area contributed by atoms with Crippen molar-refractivity contribution in [2.24, 2.45) is 5.73 Å². The van der Waals surface area contributed by atoms with Crippen molar-refractivity contribution in [2.75, 3.05) is 22.5 Å². The highest BCUT2D eigenvalue weighted by molar-refractivity contribution is 5.72. The first-order valence-corrected chi connectivity index (χ1v) is 3.71. The second-order valence-corrected chi connectivity index (χ2v) is 2.66. The van der Waals surface area contributed by atoms with E-state index < -0.39 is 0 Å². The predicted molar refractivity (Wildman–Crippen MR) is 52.5 cm³/mol. The highest BCUT2D eigenvalue weighted by Gasteiger charge is 2.06. The van der Waals surface area contributed by atoms with Crippen LogP contribution in [0.15, 0.2) is 0 Å². The summed E-state index contributed by atoms with van der Waals surface area (Å²) in [6.45, 7) is 1.74. The second-order valence-electron chi connectivity index (χ2n) is 2.66. The minimum absolute atomic E-state index is 0.149. The summed E-state index contributed by atoms with van der Waals surface area (Å²) < 4.78 is 0. The molecule has 72 valence electrons. The van der Waals surface area contributed by atoms with E-state index >= 15 is 0 Å². The van der Waals surface area contributed by atoms with Gasteiger partial charge in [0.25, 0.3) is 0 Å². The Bertz CT molecular complexity index is 285. The third kappa shape index (κ3) is 2.09. The highest BCUT2D eigenvalue weighted by atomic mass is 15.2. The Morgan fingerprint density at radius 2 is 1.62 bits per heavy atom. The summed E-state index contributed by atoms with van der Waals surface area (Å²) >= 11 is 0. The van der Waals surface area contributed by atoms with Crippen molar-refractivity contribution < 1.29 is 0 Å². The van der Waals surface area contributed by atoms with Crippen LogP contribution >= 0.6 is 0 Å². The molecule has 0 spiro atoms. The fourth-order valence-corrected chi connectivity index (χ4v) is 0.773. The van der Waals surface area contributed by atoms with Crippen molar-refractivity contribution in [1.82, 2.24) is 9.97 Å². The van der Waals surface area contributed by atoms with Crippen LogP contribution in [0.2, 0.25) is 0 Å². The van der Waals surface area contributed by atoms with E-state index in [1.54, 1.807) is 6.92 Å². The Kier molecular flexibility index (Phi) is 2.38. The number of hydrogen-bond acceptors (Lipinski definition) is 7. The standard InChI is InChI=1S/C6H13N7/c1-2(7)11-6-12-4(9)3(8)5(10)13-6/h2H,7-8H2,1H3,(H5,9,10,11,12,13). The van der Waals surface area contributed by atoms with E-state index in [0.29, 0.717) is 0 Å². The Hall–Kier alpha value is -1.76. The van der Waals surface area contributed by atoms with Crippen LogP contribution in [0, 0.1) is 0 Å². The Morgan fingerprint density at radius 3 is 2.00 bits per heavy atom. The van der Waals surface area contributed by atoms with Crippen molar-refractivity contribution in [3.8, 4) is 0 Å². The SMILES string of the molecule is CC(N)Nc1nc(N)c(N)c(N)n1. The fourth-order valence-electron chi connectivity index (χ4n) is 0.773. The predicted octanol–water partition coefficient (Wildman–Crippen LogP) is -1.06. The van der Waals surface area contributed by atoms with E-state index in [9.17, 15) is 0 Å². The monoisotopic (exact) mass is 183 g/mol. The lowest BCUT2D eigenvalue weighted by Gasteiger charge is -2.10. The third-order valence-corrected chi connectivity index (χ3v) is 1.36. The number of nitrogen functional groups attached to an aromatic ring is 3. The van der Waals surface area contributed by atoms with Gasteiger partial charge < -0.3 is 28.3 Å². The van der Waals surface area contributed by atoms with Crippen molar-refractivity contribution in [3.05, 3.63) is 0 Å². The zero-order chi connectivity index (χ0) is 10.0. The number of nitrogens with one attached hydrogen (secondary N) is 1. The molecule has 0 saturated carbocycles. The normalized spacial score (nSPS) is 12.5. The van der Waals surface area contributed by atoms with Gasteiger partial charge in [0.15, 0.2) is 11.6 Å². The molecule has 1 heterocycles. The van der Waals surface area contributed by atoms with Gasteiger partial charge in [-0.3, -0.25) is 0 Å². The molecule has 0 fully saturated rings. The van der Waals surface area contributed by atoms with Gasteiger partial charge in [0.2, 0.25) is 5.95 Å². The van der Waals surface area contributed by atoms with E-state index in [4.69, 9.17) is 22.9 Å². The molecule has 7 nitrogen and oxygen atoms in total. The second kappa shape index (κ2) is 3.31. The molecule has 7 heteroatoms. The van der Waals surface area contributed by atoms with Gasteiger partial charge in [-0.25, -0.2) is 0 Å². The van der Waals surface area contributed by atoms with Gasteiger partial charge in [0, 0.05) is 0 Å². The van der Waals surface area contributed by atoms with Crippen LogP contribution in [0.4, 0.5) is 23.3 Å². The minimum atomic E-state index is -0.276. The summed E-state index contributed by atoms with van der Waals surface area (Å²) in [5, 5.41) is 2.75. The Morgan fingerprint density at radius 1 is 1.15 bits per heavy atom. The topological polar surface area (TPSA) is 142 Å². The van der Waals surface area contributed by atoms with E-state index in [2.05, 4.69) is 15.3 Å². The highest BCUT2D eigenvalue weighted by Crippen LogP contribution is 2.19. The molecule has 1 aromatic rings. The zero-order valence-corrected chi connectivity index (χ0v) is 7.28. The molecule has 0 aromatic carbocycles. The molecule has 0 aliphatic rings. The van der Waals surface area contributed by atoms with Gasteiger partial charge >= 0.3 is 0 Å². The third-order valence-electron chi connectivity index (χ3n) is 1.36. The van der Waals surface area contributed by atoms with Gasteiger partial charge in [-0.2, -0.15) is 9.97 Å². The summed E-state index contributed by atoms with van der Waals surface area (Å²) in [5.74, 6) is 0.575. The lowest BCUT2D eigenvalue weighted by Crippen LogP contribution is -2.26. The van der Waals surface area contributed by atoms with E-state index in [-0.39, 0.29) is 29.4 Å². The molecule has 1 rings (SSSR count). The molecule has 0 radical (unpaired) electrons. The minimum Gasteiger partial charge on any atom is -0.393 e. The van der Waals surface area contributed by atoms with Crippen LogP contribution < -0.4 is 28.3 Å². The van der Waals surface area contributed by atoms with Crippen LogP contribution in [-0.2, 0) is 0 Å². The average Bonchev–Trinajstić information content (AvgIpc) is 1.98. The Labute approximate surface area is 75.5 Å². The van der Waals surface area contributed by atoms with Crippen LogP contribution in [0.1, 0.15) is 6.92 Å². The molecule has 0 bridgehead atoms. The number of rotatable bonds is 2. The van der Waals surface area contributed by atoms with Crippen LogP contribution in [0.5, 0.6) is 0 Å². The molecular formula is C6H13N7. The van der Waals surface area contributed by atoms with Gasteiger partial charge in [-0.15, -0.1) is 0 Å².